The number of benzene rings is 2. The van der Waals surface area contributed by atoms with E-state index >= 15 is 0 Å². The molecule has 4 nitrogen and oxygen atoms in total. The minimum atomic E-state index is -0.250. The van der Waals surface area contributed by atoms with E-state index in [1.165, 1.54) is 12.1 Å². The van der Waals surface area contributed by atoms with E-state index in [0.29, 0.717) is 13.1 Å². The van der Waals surface area contributed by atoms with Gasteiger partial charge in [-0.25, -0.2) is 14.1 Å². The first-order valence-electron chi connectivity index (χ1n) is 8.71. The van der Waals surface area contributed by atoms with Crippen molar-refractivity contribution in [3.05, 3.63) is 88.3 Å². The summed E-state index contributed by atoms with van der Waals surface area (Å²) in [6.45, 7) is 3.35. The van der Waals surface area contributed by atoms with Crippen LogP contribution in [0.4, 0.5) is 4.39 Å². The van der Waals surface area contributed by atoms with Crippen LogP contribution in [0.5, 0.6) is 0 Å². The SMILES string of the molecule is Cc1csc(CNCc2cn(-c3ccccc3)nc2-c2ccc(F)cc2)n1. The highest BCUT2D eigenvalue weighted by molar-refractivity contribution is 7.09. The summed E-state index contributed by atoms with van der Waals surface area (Å²) < 4.78 is 15.2. The van der Waals surface area contributed by atoms with Gasteiger partial charge in [0.1, 0.15) is 10.8 Å². The molecule has 6 heteroatoms. The number of aromatic nitrogens is 3. The van der Waals surface area contributed by atoms with Crippen molar-refractivity contribution in [1.82, 2.24) is 20.1 Å². The Bertz CT molecular complexity index is 1020. The second-order valence-electron chi connectivity index (χ2n) is 6.28. The number of para-hydroxylation sites is 1. The van der Waals surface area contributed by atoms with Crippen molar-refractivity contribution in [3.8, 4) is 16.9 Å². The molecule has 0 aliphatic rings. The molecule has 1 N–H and O–H groups in total. The van der Waals surface area contributed by atoms with Crippen molar-refractivity contribution >= 4 is 11.3 Å². The fourth-order valence-electron chi connectivity index (χ4n) is 2.89. The van der Waals surface area contributed by atoms with Gasteiger partial charge in [0.15, 0.2) is 0 Å². The second kappa shape index (κ2) is 7.82. The molecule has 2 aromatic heterocycles. The summed E-state index contributed by atoms with van der Waals surface area (Å²) in [5.41, 5.74) is 4.83. The maximum absolute atomic E-state index is 13.3. The van der Waals surface area contributed by atoms with Crippen LogP contribution in [0.1, 0.15) is 16.3 Å². The third-order valence-electron chi connectivity index (χ3n) is 4.19. The third kappa shape index (κ3) is 4.13. The Kier molecular flexibility index (Phi) is 5.09. The average Bonchev–Trinajstić information content (AvgIpc) is 3.30. The highest BCUT2D eigenvalue weighted by Gasteiger charge is 2.12. The molecular formula is C21H19FN4S. The first kappa shape index (κ1) is 17.6. The Balaban J connectivity index is 1.61. The molecule has 27 heavy (non-hydrogen) atoms. The molecule has 0 aliphatic heterocycles. The smallest absolute Gasteiger partial charge is 0.123 e. The van der Waals surface area contributed by atoms with Crippen molar-refractivity contribution in [2.75, 3.05) is 0 Å². The van der Waals surface area contributed by atoms with Crippen molar-refractivity contribution in [2.24, 2.45) is 0 Å². The predicted octanol–water partition coefficient (Wildman–Crippen LogP) is 4.73. The second-order valence-corrected chi connectivity index (χ2v) is 7.22. The van der Waals surface area contributed by atoms with E-state index in [-0.39, 0.29) is 5.82 Å². The summed E-state index contributed by atoms with van der Waals surface area (Å²) in [7, 11) is 0. The van der Waals surface area contributed by atoms with Crippen molar-refractivity contribution in [3.63, 3.8) is 0 Å². The van der Waals surface area contributed by atoms with Gasteiger partial charge in [-0.3, -0.25) is 0 Å². The molecule has 0 bridgehead atoms. The number of nitrogens with zero attached hydrogens (tertiary/aromatic N) is 3. The van der Waals surface area contributed by atoms with Crippen LogP contribution < -0.4 is 5.32 Å². The van der Waals surface area contributed by atoms with Gasteiger partial charge in [-0.2, -0.15) is 5.10 Å². The number of thiazole rings is 1. The molecule has 0 aliphatic carbocycles. The quantitative estimate of drug-likeness (QED) is 0.527. The Morgan fingerprint density at radius 3 is 2.52 bits per heavy atom. The Morgan fingerprint density at radius 1 is 1.04 bits per heavy atom. The normalized spacial score (nSPS) is 11.0. The van der Waals surface area contributed by atoms with E-state index in [9.17, 15) is 4.39 Å². The van der Waals surface area contributed by atoms with Gasteiger partial charge >= 0.3 is 0 Å². The summed E-state index contributed by atoms with van der Waals surface area (Å²) in [6, 6.07) is 16.4. The van der Waals surface area contributed by atoms with Crippen LogP contribution in [0.15, 0.2) is 66.2 Å². The number of nitrogens with one attached hydrogen (secondary N) is 1. The van der Waals surface area contributed by atoms with Crippen LogP contribution in [0.3, 0.4) is 0 Å². The minimum Gasteiger partial charge on any atom is -0.306 e. The largest absolute Gasteiger partial charge is 0.306 e. The van der Waals surface area contributed by atoms with E-state index in [4.69, 9.17) is 5.10 Å². The number of halogens is 1. The van der Waals surface area contributed by atoms with Crippen LogP contribution in [0.25, 0.3) is 16.9 Å². The molecule has 4 aromatic rings. The highest BCUT2D eigenvalue weighted by Crippen LogP contribution is 2.24. The topological polar surface area (TPSA) is 42.7 Å². The molecule has 2 heterocycles. The van der Waals surface area contributed by atoms with Gasteiger partial charge in [-0.05, 0) is 43.3 Å². The lowest BCUT2D eigenvalue weighted by Gasteiger charge is -2.04. The van der Waals surface area contributed by atoms with Crippen LogP contribution in [0, 0.1) is 12.7 Å². The Morgan fingerprint density at radius 2 is 1.81 bits per heavy atom. The predicted molar refractivity (Wildman–Crippen MR) is 106 cm³/mol. The molecule has 0 radical (unpaired) electrons. The summed E-state index contributed by atoms with van der Waals surface area (Å²) in [4.78, 5) is 4.48. The lowest BCUT2D eigenvalue weighted by Crippen LogP contribution is -2.12. The van der Waals surface area contributed by atoms with Gasteiger partial charge in [0.25, 0.3) is 0 Å². The molecule has 4 rings (SSSR count). The van der Waals surface area contributed by atoms with Crippen LogP contribution in [-0.4, -0.2) is 14.8 Å². The van der Waals surface area contributed by atoms with Crippen molar-refractivity contribution in [1.29, 1.82) is 0 Å². The maximum atomic E-state index is 13.3. The number of rotatable bonds is 6. The molecule has 0 atom stereocenters. The molecule has 0 unspecified atom stereocenters. The van der Waals surface area contributed by atoms with Crippen LogP contribution >= 0.6 is 11.3 Å². The van der Waals surface area contributed by atoms with Gasteiger partial charge in [0.2, 0.25) is 0 Å². The standard InChI is InChI=1S/C21H19FN4S/c1-15-14-27-20(24-15)12-23-11-17-13-26(19-5-3-2-4-6-19)25-21(17)16-7-9-18(22)10-8-16/h2-10,13-14,23H,11-12H2,1H3. The average molecular weight is 378 g/mol. The van der Waals surface area contributed by atoms with E-state index in [1.807, 2.05) is 53.5 Å². The highest BCUT2D eigenvalue weighted by atomic mass is 32.1. The first-order valence-corrected chi connectivity index (χ1v) is 9.58. The van der Waals surface area contributed by atoms with E-state index in [2.05, 4.69) is 10.3 Å². The summed E-state index contributed by atoms with van der Waals surface area (Å²) in [6.07, 6.45) is 2.02. The Hall–Kier alpha value is -2.83. The monoisotopic (exact) mass is 378 g/mol. The third-order valence-corrected chi connectivity index (χ3v) is 5.15. The lowest BCUT2D eigenvalue weighted by molar-refractivity contribution is 0.628. The zero-order valence-electron chi connectivity index (χ0n) is 14.9. The molecule has 2 aromatic carbocycles. The number of hydrogen-bond donors (Lipinski definition) is 1. The summed E-state index contributed by atoms with van der Waals surface area (Å²) in [5.74, 6) is -0.250. The molecule has 0 fully saturated rings. The van der Waals surface area contributed by atoms with E-state index in [1.54, 1.807) is 23.5 Å². The van der Waals surface area contributed by atoms with Crippen molar-refractivity contribution < 1.29 is 4.39 Å². The van der Waals surface area contributed by atoms with Gasteiger partial charge in [-0.1, -0.05) is 18.2 Å². The van der Waals surface area contributed by atoms with E-state index in [0.717, 1.165) is 33.2 Å². The van der Waals surface area contributed by atoms with Crippen molar-refractivity contribution in [2.45, 2.75) is 20.0 Å². The fraction of sp³-hybridized carbons (Fsp3) is 0.143. The van der Waals surface area contributed by atoms with Gasteiger partial charge in [-0.15, -0.1) is 11.3 Å². The lowest BCUT2D eigenvalue weighted by atomic mass is 10.1. The minimum absolute atomic E-state index is 0.250. The molecule has 0 saturated carbocycles. The van der Waals surface area contributed by atoms with Gasteiger partial charge in [0, 0.05) is 41.5 Å². The molecular weight excluding hydrogens is 359 g/mol. The van der Waals surface area contributed by atoms with Gasteiger partial charge in [0.05, 0.1) is 11.4 Å². The van der Waals surface area contributed by atoms with Crippen LogP contribution in [-0.2, 0) is 13.1 Å². The Labute approximate surface area is 161 Å². The summed E-state index contributed by atoms with van der Waals surface area (Å²) >= 11 is 1.65. The zero-order chi connectivity index (χ0) is 18.6. The summed E-state index contributed by atoms with van der Waals surface area (Å²) in [5, 5.41) is 11.3. The molecule has 0 amide bonds. The van der Waals surface area contributed by atoms with E-state index < -0.39 is 0 Å². The fourth-order valence-corrected chi connectivity index (χ4v) is 3.63. The number of aryl methyl sites for hydroxylation is 1. The molecule has 0 spiro atoms. The number of hydrogen-bond acceptors (Lipinski definition) is 4. The zero-order valence-corrected chi connectivity index (χ0v) is 15.7. The van der Waals surface area contributed by atoms with Gasteiger partial charge < -0.3 is 5.32 Å². The first-order chi connectivity index (χ1) is 13.2. The molecule has 136 valence electrons. The molecule has 0 saturated heterocycles. The maximum Gasteiger partial charge on any atom is 0.123 e. The van der Waals surface area contributed by atoms with Crippen LogP contribution in [0.2, 0.25) is 0 Å².